The number of amides is 1. The van der Waals surface area contributed by atoms with E-state index in [-0.39, 0.29) is 5.91 Å². The molecule has 130 valence electrons. The zero-order valence-corrected chi connectivity index (χ0v) is 14.0. The van der Waals surface area contributed by atoms with Gasteiger partial charge in [0.1, 0.15) is 24.8 Å². The van der Waals surface area contributed by atoms with Gasteiger partial charge in [-0.05, 0) is 30.7 Å². The number of aryl methyl sites for hydroxylation is 1. The van der Waals surface area contributed by atoms with Crippen LogP contribution in [0.15, 0.2) is 61.6 Å². The van der Waals surface area contributed by atoms with Gasteiger partial charge in [-0.1, -0.05) is 12.1 Å². The molecule has 1 N–H and O–H groups in total. The number of nitrogens with zero attached hydrogens (tertiary/aromatic N) is 6. The predicted octanol–water partition coefficient (Wildman–Crippen LogP) is 2.43. The van der Waals surface area contributed by atoms with Crippen molar-refractivity contribution in [3.8, 4) is 5.82 Å². The molecule has 0 bridgehead atoms. The van der Waals surface area contributed by atoms with E-state index in [4.69, 9.17) is 0 Å². The average molecular weight is 347 g/mol. The van der Waals surface area contributed by atoms with E-state index in [1.165, 1.54) is 6.33 Å². The molecule has 0 saturated heterocycles. The number of para-hydroxylation sites is 2. The number of anilines is 1. The Labute approximate surface area is 149 Å². The minimum absolute atomic E-state index is 0.0484. The van der Waals surface area contributed by atoms with Crippen LogP contribution in [0.25, 0.3) is 16.9 Å². The van der Waals surface area contributed by atoms with Gasteiger partial charge >= 0.3 is 0 Å². The lowest BCUT2D eigenvalue weighted by molar-refractivity contribution is -0.116. The average Bonchev–Trinajstić information content (AvgIpc) is 3.32. The number of benzene rings is 1. The smallest absolute Gasteiger partial charge is 0.224 e. The monoisotopic (exact) mass is 347 g/mol. The summed E-state index contributed by atoms with van der Waals surface area (Å²) in [5.41, 5.74) is 2.58. The van der Waals surface area contributed by atoms with Gasteiger partial charge in [-0.25, -0.2) is 15.0 Å². The first-order valence-electron chi connectivity index (χ1n) is 8.30. The molecule has 4 aromatic rings. The van der Waals surface area contributed by atoms with Crippen molar-refractivity contribution in [3.05, 3.63) is 61.6 Å². The van der Waals surface area contributed by atoms with Gasteiger partial charge in [0.2, 0.25) is 5.91 Å². The van der Waals surface area contributed by atoms with Gasteiger partial charge in [0.25, 0.3) is 0 Å². The SMILES string of the molecule is O=C(CCCn1cncn1)Nc1ccc(-n2cnc3ccccc32)nc1. The van der Waals surface area contributed by atoms with Gasteiger partial charge in [0, 0.05) is 13.0 Å². The van der Waals surface area contributed by atoms with Crippen molar-refractivity contribution >= 4 is 22.6 Å². The number of hydrogen-bond donors (Lipinski definition) is 1. The molecule has 8 heteroatoms. The summed E-state index contributed by atoms with van der Waals surface area (Å²) >= 11 is 0. The van der Waals surface area contributed by atoms with Crippen molar-refractivity contribution in [3.63, 3.8) is 0 Å². The summed E-state index contributed by atoms with van der Waals surface area (Å²) in [7, 11) is 0. The van der Waals surface area contributed by atoms with Gasteiger partial charge in [0.15, 0.2) is 0 Å². The number of imidazole rings is 1. The standard InChI is InChI=1S/C18H17N7O/c26-18(6-3-9-24-12-19-11-22-24)23-14-7-8-17(20-10-14)25-13-21-15-4-1-2-5-16(15)25/h1-2,4-5,7-8,10-13H,3,6,9H2,(H,23,26). The summed E-state index contributed by atoms with van der Waals surface area (Å²) in [6.45, 7) is 0.665. The summed E-state index contributed by atoms with van der Waals surface area (Å²) in [4.78, 5) is 24.7. The van der Waals surface area contributed by atoms with Crippen molar-refractivity contribution < 1.29 is 4.79 Å². The zero-order chi connectivity index (χ0) is 17.8. The van der Waals surface area contributed by atoms with Gasteiger partial charge in [-0.15, -0.1) is 0 Å². The Morgan fingerprint density at radius 3 is 2.81 bits per heavy atom. The Balaban J connectivity index is 1.37. The number of carbonyl (C=O) groups is 1. The summed E-state index contributed by atoms with van der Waals surface area (Å²) < 4.78 is 3.62. The van der Waals surface area contributed by atoms with Crippen molar-refractivity contribution in [2.45, 2.75) is 19.4 Å². The molecule has 0 aliphatic heterocycles. The normalized spacial score (nSPS) is 10.9. The highest BCUT2D eigenvalue weighted by atomic mass is 16.1. The Kier molecular flexibility index (Phi) is 4.38. The Morgan fingerprint density at radius 2 is 2.00 bits per heavy atom. The molecule has 0 saturated carbocycles. The third kappa shape index (κ3) is 3.44. The minimum Gasteiger partial charge on any atom is -0.325 e. The van der Waals surface area contributed by atoms with E-state index in [9.17, 15) is 4.79 Å². The Bertz CT molecular complexity index is 1010. The molecule has 26 heavy (non-hydrogen) atoms. The topological polar surface area (TPSA) is 90.5 Å². The maximum absolute atomic E-state index is 12.0. The van der Waals surface area contributed by atoms with Crippen molar-refractivity contribution in [2.75, 3.05) is 5.32 Å². The first-order chi connectivity index (χ1) is 12.8. The maximum atomic E-state index is 12.0. The molecule has 3 aromatic heterocycles. The van der Waals surface area contributed by atoms with Crippen LogP contribution in [0.5, 0.6) is 0 Å². The molecule has 0 aliphatic rings. The second-order valence-electron chi connectivity index (χ2n) is 5.82. The first kappa shape index (κ1) is 15.9. The lowest BCUT2D eigenvalue weighted by Crippen LogP contribution is -2.13. The number of nitrogens with one attached hydrogen (secondary N) is 1. The third-order valence-electron chi connectivity index (χ3n) is 3.99. The quantitative estimate of drug-likeness (QED) is 0.578. The predicted molar refractivity (Wildman–Crippen MR) is 96.8 cm³/mol. The van der Waals surface area contributed by atoms with Crippen molar-refractivity contribution in [1.82, 2.24) is 29.3 Å². The highest BCUT2D eigenvalue weighted by molar-refractivity contribution is 5.90. The lowest BCUT2D eigenvalue weighted by atomic mass is 10.3. The number of pyridine rings is 1. The molecule has 0 unspecified atom stereocenters. The molecular formula is C18H17N7O. The van der Waals surface area contributed by atoms with E-state index in [2.05, 4.69) is 25.4 Å². The fourth-order valence-corrected chi connectivity index (χ4v) is 2.72. The maximum Gasteiger partial charge on any atom is 0.224 e. The number of carbonyl (C=O) groups excluding carboxylic acids is 1. The Hall–Kier alpha value is -3.55. The van der Waals surface area contributed by atoms with Crippen LogP contribution in [0.1, 0.15) is 12.8 Å². The van der Waals surface area contributed by atoms with E-state index in [1.54, 1.807) is 23.5 Å². The van der Waals surface area contributed by atoms with Crippen LogP contribution in [0, 0.1) is 0 Å². The molecule has 4 rings (SSSR count). The van der Waals surface area contributed by atoms with Gasteiger partial charge < -0.3 is 5.32 Å². The van der Waals surface area contributed by atoms with E-state index in [0.717, 1.165) is 16.9 Å². The molecule has 0 radical (unpaired) electrons. The van der Waals surface area contributed by atoms with Gasteiger partial charge in [0.05, 0.1) is 22.9 Å². The van der Waals surface area contributed by atoms with E-state index in [1.807, 2.05) is 41.0 Å². The molecule has 0 spiro atoms. The van der Waals surface area contributed by atoms with Crippen LogP contribution >= 0.6 is 0 Å². The number of fused-ring (bicyclic) bond motifs is 1. The van der Waals surface area contributed by atoms with E-state index in [0.29, 0.717) is 25.1 Å². The minimum atomic E-state index is -0.0484. The third-order valence-corrected chi connectivity index (χ3v) is 3.99. The summed E-state index contributed by atoms with van der Waals surface area (Å²) in [6, 6.07) is 11.6. The lowest BCUT2D eigenvalue weighted by Gasteiger charge is -2.07. The summed E-state index contributed by atoms with van der Waals surface area (Å²) in [5, 5.41) is 6.87. The van der Waals surface area contributed by atoms with E-state index < -0.39 is 0 Å². The number of rotatable bonds is 6. The Morgan fingerprint density at radius 1 is 1.08 bits per heavy atom. The van der Waals surface area contributed by atoms with Crippen LogP contribution in [-0.4, -0.2) is 35.2 Å². The molecule has 1 aromatic carbocycles. The molecule has 3 heterocycles. The van der Waals surface area contributed by atoms with Crippen LogP contribution in [-0.2, 0) is 11.3 Å². The molecule has 0 aliphatic carbocycles. The van der Waals surface area contributed by atoms with Gasteiger partial charge in [-0.3, -0.25) is 14.0 Å². The summed E-state index contributed by atoms with van der Waals surface area (Å²) in [6.07, 6.45) is 7.63. The zero-order valence-electron chi connectivity index (χ0n) is 14.0. The molecule has 0 fully saturated rings. The van der Waals surface area contributed by atoms with Crippen LogP contribution in [0.3, 0.4) is 0 Å². The molecular weight excluding hydrogens is 330 g/mol. The number of aromatic nitrogens is 6. The molecule has 1 amide bonds. The molecule has 0 atom stereocenters. The van der Waals surface area contributed by atoms with Crippen LogP contribution in [0.4, 0.5) is 5.69 Å². The fraction of sp³-hybridized carbons (Fsp3) is 0.167. The molecule has 8 nitrogen and oxygen atoms in total. The van der Waals surface area contributed by atoms with Gasteiger partial charge in [-0.2, -0.15) is 5.10 Å². The first-order valence-corrected chi connectivity index (χ1v) is 8.30. The number of hydrogen-bond acceptors (Lipinski definition) is 5. The van der Waals surface area contributed by atoms with E-state index >= 15 is 0 Å². The van der Waals surface area contributed by atoms with Crippen molar-refractivity contribution in [1.29, 1.82) is 0 Å². The second kappa shape index (κ2) is 7.14. The van der Waals surface area contributed by atoms with Crippen LogP contribution in [0.2, 0.25) is 0 Å². The van der Waals surface area contributed by atoms with Crippen LogP contribution < -0.4 is 5.32 Å². The highest BCUT2D eigenvalue weighted by Gasteiger charge is 2.07. The largest absolute Gasteiger partial charge is 0.325 e. The van der Waals surface area contributed by atoms with Crippen molar-refractivity contribution in [2.24, 2.45) is 0 Å². The second-order valence-corrected chi connectivity index (χ2v) is 5.82. The highest BCUT2D eigenvalue weighted by Crippen LogP contribution is 2.17. The fourth-order valence-electron chi connectivity index (χ4n) is 2.72. The summed E-state index contributed by atoms with van der Waals surface area (Å²) in [5.74, 6) is 0.704.